The molecule has 0 amide bonds. The number of hydrogen-bond acceptors (Lipinski definition) is 5. The molecule has 0 radical (unpaired) electrons. The monoisotopic (exact) mass is 331 g/mol. The van der Waals surface area contributed by atoms with E-state index >= 15 is 0 Å². The molecule has 0 bridgehead atoms. The van der Waals surface area contributed by atoms with Gasteiger partial charge in [0.15, 0.2) is 5.82 Å². The van der Waals surface area contributed by atoms with E-state index < -0.39 is 0 Å². The number of aryl methyl sites for hydroxylation is 2. The Morgan fingerprint density at radius 2 is 1.96 bits per heavy atom. The van der Waals surface area contributed by atoms with Crippen LogP contribution in [0.2, 0.25) is 0 Å². The first-order valence-electron chi connectivity index (χ1n) is 8.53. The standard InChI is InChI=1S/C20H21N5/c1-13-8-9-17(14(2)10-13)22-20-23-19(12-21-24-20)25-15(3)11-16-6-4-5-7-18(16)25/h4-10,12,15H,11H2,1-3H3,(H,22,23,24). The molecule has 0 saturated carbocycles. The third kappa shape index (κ3) is 2.93. The van der Waals surface area contributed by atoms with Crippen molar-refractivity contribution in [2.45, 2.75) is 33.2 Å². The van der Waals surface area contributed by atoms with Gasteiger partial charge in [-0.1, -0.05) is 35.9 Å². The van der Waals surface area contributed by atoms with Crippen LogP contribution in [0.5, 0.6) is 0 Å². The van der Waals surface area contributed by atoms with Crippen LogP contribution in [0, 0.1) is 13.8 Å². The van der Waals surface area contributed by atoms with Gasteiger partial charge in [-0.15, -0.1) is 5.10 Å². The summed E-state index contributed by atoms with van der Waals surface area (Å²) in [4.78, 5) is 6.94. The third-order valence-corrected chi connectivity index (χ3v) is 4.63. The first kappa shape index (κ1) is 15.6. The van der Waals surface area contributed by atoms with Crippen molar-refractivity contribution in [2.24, 2.45) is 0 Å². The Morgan fingerprint density at radius 1 is 1.12 bits per heavy atom. The topological polar surface area (TPSA) is 53.9 Å². The molecule has 1 unspecified atom stereocenters. The lowest BCUT2D eigenvalue weighted by Crippen LogP contribution is -2.25. The van der Waals surface area contributed by atoms with E-state index in [2.05, 4.69) is 83.6 Å². The minimum atomic E-state index is 0.350. The zero-order valence-electron chi connectivity index (χ0n) is 14.7. The van der Waals surface area contributed by atoms with Gasteiger partial charge in [0.2, 0.25) is 5.95 Å². The quantitative estimate of drug-likeness (QED) is 0.775. The van der Waals surface area contributed by atoms with E-state index in [1.165, 1.54) is 16.8 Å². The summed E-state index contributed by atoms with van der Waals surface area (Å²) in [5.74, 6) is 1.33. The lowest BCUT2D eigenvalue weighted by molar-refractivity contribution is 0.745. The van der Waals surface area contributed by atoms with Gasteiger partial charge in [0.05, 0.1) is 6.20 Å². The first-order valence-corrected chi connectivity index (χ1v) is 8.53. The highest BCUT2D eigenvalue weighted by Crippen LogP contribution is 2.37. The fourth-order valence-electron chi connectivity index (χ4n) is 3.45. The summed E-state index contributed by atoms with van der Waals surface area (Å²) in [6, 6.07) is 15.1. The summed E-state index contributed by atoms with van der Waals surface area (Å²) in [6.07, 6.45) is 2.74. The number of fused-ring (bicyclic) bond motifs is 1. The average Bonchev–Trinajstić information content (AvgIpc) is 2.93. The van der Waals surface area contributed by atoms with E-state index in [-0.39, 0.29) is 0 Å². The van der Waals surface area contributed by atoms with Crippen molar-refractivity contribution in [1.29, 1.82) is 0 Å². The van der Waals surface area contributed by atoms with Crippen LogP contribution >= 0.6 is 0 Å². The Labute approximate surface area is 147 Å². The minimum absolute atomic E-state index is 0.350. The number of rotatable bonds is 3. The van der Waals surface area contributed by atoms with Gasteiger partial charge in [0.25, 0.3) is 0 Å². The van der Waals surface area contributed by atoms with Crippen molar-refractivity contribution in [1.82, 2.24) is 15.2 Å². The Hall–Kier alpha value is -2.95. The molecule has 5 nitrogen and oxygen atoms in total. The smallest absolute Gasteiger partial charge is 0.249 e. The van der Waals surface area contributed by atoms with Crippen LogP contribution in [0.15, 0.2) is 48.7 Å². The van der Waals surface area contributed by atoms with Crippen LogP contribution in [0.3, 0.4) is 0 Å². The molecule has 1 aliphatic heterocycles. The highest BCUT2D eigenvalue weighted by molar-refractivity contribution is 5.69. The average molecular weight is 331 g/mol. The minimum Gasteiger partial charge on any atom is -0.323 e. The molecule has 5 heteroatoms. The van der Waals surface area contributed by atoms with Crippen molar-refractivity contribution < 1.29 is 0 Å². The lowest BCUT2D eigenvalue weighted by Gasteiger charge is -2.23. The van der Waals surface area contributed by atoms with Gasteiger partial charge in [-0.25, -0.2) is 0 Å². The number of hydrogen-bond donors (Lipinski definition) is 1. The van der Waals surface area contributed by atoms with Gasteiger partial charge >= 0.3 is 0 Å². The summed E-state index contributed by atoms with van der Waals surface area (Å²) in [5, 5.41) is 11.6. The number of nitrogens with one attached hydrogen (secondary N) is 1. The Kier molecular flexibility index (Phi) is 3.84. The van der Waals surface area contributed by atoms with Gasteiger partial charge in [-0.2, -0.15) is 10.1 Å². The molecule has 0 saturated heterocycles. The number of para-hydroxylation sites is 1. The zero-order valence-corrected chi connectivity index (χ0v) is 14.7. The maximum atomic E-state index is 4.70. The van der Waals surface area contributed by atoms with E-state index in [1.807, 2.05) is 0 Å². The van der Waals surface area contributed by atoms with Crippen molar-refractivity contribution >= 4 is 23.1 Å². The van der Waals surface area contributed by atoms with E-state index in [9.17, 15) is 0 Å². The molecule has 2 aromatic carbocycles. The predicted molar refractivity (Wildman–Crippen MR) is 101 cm³/mol. The van der Waals surface area contributed by atoms with Gasteiger partial charge in [-0.05, 0) is 50.5 Å². The highest BCUT2D eigenvalue weighted by Gasteiger charge is 2.28. The van der Waals surface area contributed by atoms with Crippen LogP contribution in [0.1, 0.15) is 23.6 Å². The molecule has 3 aromatic rings. The van der Waals surface area contributed by atoms with Crippen LogP contribution in [0.25, 0.3) is 0 Å². The SMILES string of the molecule is Cc1ccc(Nc2nncc(N3c4ccccc4CC3C)n2)c(C)c1. The number of nitrogens with zero attached hydrogens (tertiary/aromatic N) is 4. The first-order chi connectivity index (χ1) is 12.1. The predicted octanol–water partition coefficient (Wildman–Crippen LogP) is 4.31. The molecule has 25 heavy (non-hydrogen) atoms. The number of anilines is 4. The molecule has 4 rings (SSSR count). The third-order valence-electron chi connectivity index (χ3n) is 4.63. The molecule has 0 aliphatic carbocycles. The molecular weight excluding hydrogens is 310 g/mol. The van der Waals surface area contributed by atoms with Gasteiger partial charge in [0.1, 0.15) is 0 Å². The zero-order chi connectivity index (χ0) is 17.4. The largest absolute Gasteiger partial charge is 0.323 e. The summed E-state index contributed by atoms with van der Waals surface area (Å²) < 4.78 is 0. The fourth-order valence-corrected chi connectivity index (χ4v) is 3.45. The number of aromatic nitrogens is 3. The molecule has 0 spiro atoms. The van der Waals surface area contributed by atoms with Crippen molar-refractivity contribution in [3.05, 3.63) is 65.4 Å². The van der Waals surface area contributed by atoms with Gasteiger partial charge in [-0.3, -0.25) is 0 Å². The second kappa shape index (κ2) is 6.16. The Morgan fingerprint density at radius 3 is 2.80 bits per heavy atom. The normalized spacial score (nSPS) is 16.0. The Balaban J connectivity index is 1.66. The Bertz CT molecular complexity index is 921. The molecule has 0 fully saturated rings. The molecule has 1 aliphatic rings. The molecule has 126 valence electrons. The van der Waals surface area contributed by atoms with Crippen molar-refractivity contribution in [3.63, 3.8) is 0 Å². The van der Waals surface area contributed by atoms with Crippen LogP contribution in [-0.2, 0) is 6.42 Å². The van der Waals surface area contributed by atoms with E-state index in [0.717, 1.165) is 23.5 Å². The number of benzene rings is 2. The second-order valence-corrected chi connectivity index (χ2v) is 6.63. The summed E-state index contributed by atoms with van der Waals surface area (Å²) in [5.41, 5.74) is 5.94. The maximum Gasteiger partial charge on any atom is 0.249 e. The fraction of sp³-hybridized carbons (Fsp3) is 0.250. The molecule has 2 heterocycles. The maximum absolute atomic E-state index is 4.70. The van der Waals surface area contributed by atoms with E-state index in [1.54, 1.807) is 6.20 Å². The second-order valence-electron chi connectivity index (χ2n) is 6.63. The molecule has 1 atom stereocenters. The summed E-state index contributed by atoms with van der Waals surface area (Å²) in [6.45, 7) is 6.37. The van der Waals surface area contributed by atoms with Crippen LogP contribution < -0.4 is 10.2 Å². The van der Waals surface area contributed by atoms with E-state index in [0.29, 0.717) is 12.0 Å². The van der Waals surface area contributed by atoms with E-state index in [4.69, 9.17) is 4.98 Å². The summed E-state index contributed by atoms with van der Waals surface area (Å²) in [7, 11) is 0. The molecular formula is C20H21N5. The van der Waals surface area contributed by atoms with Gasteiger partial charge in [0, 0.05) is 17.4 Å². The van der Waals surface area contributed by atoms with Crippen LogP contribution in [0.4, 0.5) is 23.1 Å². The highest BCUT2D eigenvalue weighted by atomic mass is 15.3. The summed E-state index contributed by atoms with van der Waals surface area (Å²) >= 11 is 0. The van der Waals surface area contributed by atoms with Crippen LogP contribution in [-0.4, -0.2) is 21.2 Å². The van der Waals surface area contributed by atoms with Crippen molar-refractivity contribution in [3.8, 4) is 0 Å². The molecule has 1 N–H and O–H groups in total. The molecule has 1 aromatic heterocycles. The lowest BCUT2D eigenvalue weighted by atomic mass is 10.1. The van der Waals surface area contributed by atoms with Gasteiger partial charge < -0.3 is 10.2 Å². The van der Waals surface area contributed by atoms with Crippen molar-refractivity contribution in [2.75, 3.05) is 10.2 Å².